The summed E-state index contributed by atoms with van der Waals surface area (Å²) in [5.41, 5.74) is 1.19. The SMILES string of the molecule is CC(NC1CCCNC1=O)c1ccccc1Br. The van der Waals surface area contributed by atoms with Gasteiger partial charge in [0.2, 0.25) is 5.91 Å². The van der Waals surface area contributed by atoms with Crippen molar-refractivity contribution >= 4 is 21.8 Å². The molecule has 0 aromatic heterocycles. The molecule has 1 heterocycles. The van der Waals surface area contributed by atoms with E-state index in [1.54, 1.807) is 0 Å². The van der Waals surface area contributed by atoms with Crippen LogP contribution in [0.15, 0.2) is 28.7 Å². The third-order valence-corrected chi connectivity index (χ3v) is 3.83. The smallest absolute Gasteiger partial charge is 0.237 e. The molecule has 2 rings (SSSR count). The molecule has 4 heteroatoms. The Labute approximate surface area is 110 Å². The van der Waals surface area contributed by atoms with Crippen molar-refractivity contribution in [3.8, 4) is 0 Å². The van der Waals surface area contributed by atoms with E-state index < -0.39 is 0 Å². The number of hydrogen-bond donors (Lipinski definition) is 2. The Morgan fingerprint density at radius 3 is 2.94 bits per heavy atom. The maximum atomic E-state index is 11.7. The molecule has 0 radical (unpaired) electrons. The number of nitrogens with one attached hydrogen (secondary N) is 2. The van der Waals surface area contributed by atoms with E-state index >= 15 is 0 Å². The lowest BCUT2D eigenvalue weighted by molar-refractivity contribution is -0.124. The van der Waals surface area contributed by atoms with Gasteiger partial charge in [0.15, 0.2) is 0 Å². The standard InChI is InChI=1S/C13H17BrN2O/c1-9(10-5-2-3-6-11(10)14)16-12-7-4-8-15-13(12)17/h2-3,5-6,9,12,16H,4,7-8H2,1H3,(H,15,17). The first-order valence-corrected chi connectivity index (χ1v) is 6.76. The first-order valence-electron chi connectivity index (χ1n) is 5.96. The molecule has 1 saturated heterocycles. The van der Waals surface area contributed by atoms with Gasteiger partial charge in [-0.15, -0.1) is 0 Å². The van der Waals surface area contributed by atoms with Crippen LogP contribution in [-0.2, 0) is 4.79 Å². The third kappa shape index (κ3) is 3.07. The van der Waals surface area contributed by atoms with Gasteiger partial charge in [-0.1, -0.05) is 34.1 Å². The van der Waals surface area contributed by atoms with Gasteiger partial charge in [0, 0.05) is 17.1 Å². The van der Waals surface area contributed by atoms with Crippen LogP contribution in [0.1, 0.15) is 31.4 Å². The number of rotatable bonds is 3. The summed E-state index contributed by atoms with van der Waals surface area (Å²) in [5, 5.41) is 6.27. The number of carbonyl (C=O) groups excluding carboxylic acids is 1. The van der Waals surface area contributed by atoms with Gasteiger partial charge < -0.3 is 5.32 Å². The average Bonchev–Trinajstić information content (AvgIpc) is 2.32. The van der Waals surface area contributed by atoms with Gasteiger partial charge in [0.25, 0.3) is 0 Å². The molecular formula is C13H17BrN2O. The summed E-state index contributed by atoms with van der Waals surface area (Å²) in [5.74, 6) is 0.121. The van der Waals surface area contributed by atoms with Crippen molar-refractivity contribution in [2.45, 2.75) is 31.8 Å². The van der Waals surface area contributed by atoms with Crippen molar-refractivity contribution in [2.75, 3.05) is 6.54 Å². The summed E-state index contributed by atoms with van der Waals surface area (Å²) >= 11 is 3.54. The van der Waals surface area contributed by atoms with E-state index in [0.29, 0.717) is 0 Å². The summed E-state index contributed by atoms with van der Waals surface area (Å²) in [6, 6.07) is 8.20. The fourth-order valence-electron chi connectivity index (χ4n) is 2.15. The molecule has 0 saturated carbocycles. The van der Waals surface area contributed by atoms with E-state index in [1.807, 2.05) is 18.2 Å². The second-order valence-electron chi connectivity index (χ2n) is 4.40. The predicted molar refractivity (Wildman–Crippen MR) is 71.7 cm³/mol. The van der Waals surface area contributed by atoms with E-state index in [4.69, 9.17) is 0 Å². The fourth-order valence-corrected chi connectivity index (χ4v) is 2.78. The molecule has 2 unspecified atom stereocenters. The van der Waals surface area contributed by atoms with E-state index in [-0.39, 0.29) is 18.0 Å². The Morgan fingerprint density at radius 1 is 1.47 bits per heavy atom. The fraction of sp³-hybridized carbons (Fsp3) is 0.462. The topological polar surface area (TPSA) is 41.1 Å². The Hall–Kier alpha value is -0.870. The summed E-state index contributed by atoms with van der Waals surface area (Å²) < 4.78 is 1.08. The number of carbonyl (C=O) groups is 1. The maximum absolute atomic E-state index is 11.7. The van der Waals surface area contributed by atoms with Gasteiger partial charge in [-0.25, -0.2) is 0 Å². The molecule has 1 fully saturated rings. The van der Waals surface area contributed by atoms with Crippen LogP contribution in [-0.4, -0.2) is 18.5 Å². The first kappa shape index (κ1) is 12.6. The molecule has 1 aromatic rings. The van der Waals surface area contributed by atoms with Crippen LogP contribution < -0.4 is 10.6 Å². The van der Waals surface area contributed by atoms with Crippen molar-refractivity contribution in [1.82, 2.24) is 10.6 Å². The highest BCUT2D eigenvalue weighted by Crippen LogP contribution is 2.23. The quantitative estimate of drug-likeness (QED) is 0.899. The van der Waals surface area contributed by atoms with Gasteiger partial charge in [0.05, 0.1) is 6.04 Å². The minimum Gasteiger partial charge on any atom is -0.355 e. The number of hydrogen-bond acceptors (Lipinski definition) is 2. The highest BCUT2D eigenvalue weighted by atomic mass is 79.9. The lowest BCUT2D eigenvalue weighted by atomic mass is 10.0. The molecule has 0 spiro atoms. The molecule has 0 aliphatic carbocycles. The number of benzene rings is 1. The van der Waals surface area contributed by atoms with Crippen LogP contribution in [0.25, 0.3) is 0 Å². The largest absolute Gasteiger partial charge is 0.355 e. The number of amides is 1. The molecular weight excluding hydrogens is 280 g/mol. The van der Waals surface area contributed by atoms with Crippen molar-refractivity contribution in [1.29, 1.82) is 0 Å². The zero-order valence-electron chi connectivity index (χ0n) is 9.87. The minimum absolute atomic E-state index is 0.0640. The summed E-state index contributed by atoms with van der Waals surface area (Å²) in [6.45, 7) is 2.89. The van der Waals surface area contributed by atoms with Gasteiger partial charge in [-0.05, 0) is 31.4 Å². The molecule has 3 nitrogen and oxygen atoms in total. The van der Waals surface area contributed by atoms with Crippen molar-refractivity contribution < 1.29 is 4.79 Å². The lowest BCUT2D eigenvalue weighted by Crippen LogP contribution is -2.48. The van der Waals surface area contributed by atoms with Crippen LogP contribution in [0.2, 0.25) is 0 Å². The molecule has 2 N–H and O–H groups in total. The first-order chi connectivity index (χ1) is 8.18. The highest BCUT2D eigenvalue weighted by Gasteiger charge is 2.23. The number of halogens is 1. The maximum Gasteiger partial charge on any atom is 0.237 e. The molecule has 1 aliphatic heterocycles. The zero-order valence-corrected chi connectivity index (χ0v) is 11.5. The highest BCUT2D eigenvalue weighted by molar-refractivity contribution is 9.10. The monoisotopic (exact) mass is 296 g/mol. The molecule has 0 bridgehead atoms. The Balaban J connectivity index is 2.03. The number of piperidine rings is 1. The average molecular weight is 297 g/mol. The van der Waals surface area contributed by atoms with Gasteiger partial charge >= 0.3 is 0 Å². The molecule has 1 aliphatic rings. The van der Waals surface area contributed by atoms with Crippen LogP contribution in [0.5, 0.6) is 0 Å². The molecule has 92 valence electrons. The summed E-state index contributed by atoms with van der Waals surface area (Å²) in [6.07, 6.45) is 1.96. The van der Waals surface area contributed by atoms with Crippen molar-refractivity contribution in [3.63, 3.8) is 0 Å². The predicted octanol–water partition coefficient (Wildman–Crippen LogP) is 2.38. The van der Waals surface area contributed by atoms with E-state index in [2.05, 4.69) is 39.6 Å². The lowest BCUT2D eigenvalue weighted by Gasteiger charge is -2.26. The summed E-state index contributed by atoms with van der Waals surface area (Å²) in [4.78, 5) is 11.7. The van der Waals surface area contributed by atoms with E-state index in [1.165, 1.54) is 5.56 Å². The van der Waals surface area contributed by atoms with Crippen LogP contribution in [0.3, 0.4) is 0 Å². The van der Waals surface area contributed by atoms with Crippen molar-refractivity contribution in [2.24, 2.45) is 0 Å². The van der Waals surface area contributed by atoms with Crippen LogP contribution in [0, 0.1) is 0 Å². The Morgan fingerprint density at radius 2 is 2.24 bits per heavy atom. The summed E-state index contributed by atoms with van der Waals surface area (Å²) in [7, 11) is 0. The Bertz CT molecular complexity index is 408. The minimum atomic E-state index is -0.0640. The second kappa shape index (κ2) is 5.65. The van der Waals surface area contributed by atoms with E-state index in [9.17, 15) is 4.79 Å². The third-order valence-electron chi connectivity index (χ3n) is 3.11. The van der Waals surface area contributed by atoms with E-state index in [0.717, 1.165) is 23.9 Å². The van der Waals surface area contributed by atoms with Crippen molar-refractivity contribution in [3.05, 3.63) is 34.3 Å². The van der Waals surface area contributed by atoms with Gasteiger partial charge in [-0.2, -0.15) is 0 Å². The van der Waals surface area contributed by atoms with Crippen LogP contribution in [0.4, 0.5) is 0 Å². The molecule has 2 atom stereocenters. The molecule has 17 heavy (non-hydrogen) atoms. The van der Waals surface area contributed by atoms with Crippen LogP contribution >= 0.6 is 15.9 Å². The normalized spacial score (nSPS) is 22.0. The van der Waals surface area contributed by atoms with Gasteiger partial charge in [-0.3, -0.25) is 10.1 Å². The van der Waals surface area contributed by atoms with Gasteiger partial charge in [0.1, 0.15) is 0 Å². The zero-order chi connectivity index (χ0) is 12.3. The second-order valence-corrected chi connectivity index (χ2v) is 5.25. The molecule has 1 amide bonds. The Kier molecular flexibility index (Phi) is 4.18. The molecule has 1 aromatic carbocycles.